The Morgan fingerprint density at radius 1 is 1.29 bits per heavy atom. The van der Waals surface area contributed by atoms with Crippen molar-refractivity contribution in [3.63, 3.8) is 0 Å². The average molecular weight is 329 g/mol. The van der Waals surface area contributed by atoms with Crippen LogP contribution in [0.25, 0.3) is 11.3 Å². The van der Waals surface area contributed by atoms with Crippen LogP contribution < -0.4 is 5.73 Å². The fourth-order valence-electron chi connectivity index (χ4n) is 2.68. The second-order valence-electron chi connectivity index (χ2n) is 7.17. The average Bonchev–Trinajstić information content (AvgIpc) is 2.75. The Labute approximate surface area is 143 Å². The second-order valence-corrected chi connectivity index (χ2v) is 7.17. The van der Waals surface area contributed by atoms with Crippen LogP contribution in [0.3, 0.4) is 0 Å². The Morgan fingerprint density at radius 2 is 1.96 bits per heavy atom. The number of benzene rings is 1. The van der Waals surface area contributed by atoms with Crippen LogP contribution >= 0.6 is 0 Å². The van der Waals surface area contributed by atoms with E-state index in [-0.39, 0.29) is 0 Å². The standard InChI is InChI=1S/C19H27N3O2/c1-7-8-15-16(20)17(14-10-9-12(2)11-13(14)3)21-22(15)18(23)24-19(4,5)6/h9-11H,7-8,20H2,1-6H3. The Morgan fingerprint density at radius 3 is 2.50 bits per heavy atom. The first-order chi connectivity index (χ1) is 11.1. The quantitative estimate of drug-likeness (QED) is 0.901. The Hall–Kier alpha value is -2.30. The van der Waals surface area contributed by atoms with E-state index in [1.165, 1.54) is 10.2 Å². The highest BCUT2D eigenvalue weighted by Gasteiger charge is 2.25. The molecule has 2 rings (SSSR count). The summed E-state index contributed by atoms with van der Waals surface area (Å²) in [6.45, 7) is 11.6. The molecule has 0 fully saturated rings. The van der Waals surface area contributed by atoms with E-state index in [0.717, 1.165) is 17.5 Å². The summed E-state index contributed by atoms with van der Waals surface area (Å²) in [5.41, 5.74) is 10.9. The van der Waals surface area contributed by atoms with Gasteiger partial charge in [-0.2, -0.15) is 9.78 Å². The van der Waals surface area contributed by atoms with Crippen LogP contribution in [-0.4, -0.2) is 21.5 Å². The number of nitrogens with zero attached hydrogens (tertiary/aromatic N) is 2. The molecule has 1 aromatic carbocycles. The summed E-state index contributed by atoms with van der Waals surface area (Å²) >= 11 is 0. The molecule has 24 heavy (non-hydrogen) atoms. The van der Waals surface area contributed by atoms with E-state index in [9.17, 15) is 4.79 Å². The van der Waals surface area contributed by atoms with Gasteiger partial charge in [0.2, 0.25) is 0 Å². The van der Waals surface area contributed by atoms with E-state index in [0.29, 0.717) is 23.5 Å². The van der Waals surface area contributed by atoms with Crippen LogP contribution in [-0.2, 0) is 11.2 Å². The number of nitrogens with two attached hydrogens (primary N) is 1. The number of hydrogen-bond acceptors (Lipinski definition) is 4. The smallest absolute Gasteiger partial charge is 0.435 e. The van der Waals surface area contributed by atoms with Crippen LogP contribution in [0, 0.1) is 13.8 Å². The molecule has 5 heteroatoms. The minimum absolute atomic E-state index is 0.492. The lowest BCUT2D eigenvalue weighted by Crippen LogP contribution is -2.28. The zero-order valence-corrected chi connectivity index (χ0v) is 15.4. The highest BCUT2D eigenvalue weighted by molar-refractivity contribution is 5.81. The largest absolute Gasteiger partial charge is 0.442 e. The van der Waals surface area contributed by atoms with Gasteiger partial charge in [0.1, 0.15) is 11.3 Å². The maximum atomic E-state index is 12.5. The SMILES string of the molecule is CCCc1c(N)c(-c2ccc(C)cc2C)nn1C(=O)OC(C)(C)C. The van der Waals surface area contributed by atoms with E-state index in [1.807, 2.05) is 53.7 Å². The van der Waals surface area contributed by atoms with Gasteiger partial charge in [0.05, 0.1) is 11.4 Å². The highest BCUT2D eigenvalue weighted by atomic mass is 16.6. The molecule has 0 bridgehead atoms. The molecule has 0 radical (unpaired) electrons. The lowest BCUT2D eigenvalue weighted by Gasteiger charge is -2.19. The van der Waals surface area contributed by atoms with Gasteiger partial charge in [0, 0.05) is 5.56 Å². The van der Waals surface area contributed by atoms with Crippen molar-refractivity contribution >= 4 is 11.8 Å². The molecule has 1 aromatic heterocycles. The van der Waals surface area contributed by atoms with Gasteiger partial charge in [0.25, 0.3) is 0 Å². The first kappa shape index (κ1) is 18.0. The topological polar surface area (TPSA) is 70.1 Å². The summed E-state index contributed by atoms with van der Waals surface area (Å²) < 4.78 is 6.79. The Bertz CT molecular complexity index is 755. The number of carbonyl (C=O) groups is 1. The van der Waals surface area contributed by atoms with Crippen LogP contribution in [0.15, 0.2) is 18.2 Å². The summed E-state index contributed by atoms with van der Waals surface area (Å²) in [5.74, 6) is 0. The summed E-state index contributed by atoms with van der Waals surface area (Å²) in [4.78, 5) is 12.5. The van der Waals surface area contributed by atoms with Gasteiger partial charge in [-0.05, 0) is 46.6 Å². The van der Waals surface area contributed by atoms with Gasteiger partial charge in [-0.3, -0.25) is 0 Å². The van der Waals surface area contributed by atoms with Gasteiger partial charge in [0.15, 0.2) is 0 Å². The molecule has 2 aromatic rings. The highest BCUT2D eigenvalue weighted by Crippen LogP contribution is 2.31. The van der Waals surface area contributed by atoms with Crippen molar-refractivity contribution in [3.05, 3.63) is 35.0 Å². The molecule has 0 amide bonds. The Kier molecular flexibility index (Phi) is 5.02. The van der Waals surface area contributed by atoms with E-state index in [2.05, 4.69) is 11.2 Å². The monoisotopic (exact) mass is 329 g/mol. The number of ether oxygens (including phenoxy) is 1. The molecule has 0 atom stereocenters. The Balaban J connectivity index is 2.55. The normalized spacial score (nSPS) is 11.6. The number of hydrogen-bond donors (Lipinski definition) is 1. The van der Waals surface area contributed by atoms with Crippen molar-refractivity contribution in [2.24, 2.45) is 0 Å². The van der Waals surface area contributed by atoms with Gasteiger partial charge in [-0.1, -0.05) is 37.1 Å². The first-order valence-corrected chi connectivity index (χ1v) is 8.32. The molecule has 2 N–H and O–H groups in total. The predicted octanol–water partition coefficient (Wildman–Crippen LogP) is 4.48. The number of anilines is 1. The number of nitrogen functional groups attached to an aromatic ring is 1. The number of carbonyl (C=O) groups excluding carboxylic acids is 1. The van der Waals surface area contributed by atoms with Gasteiger partial charge < -0.3 is 10.5 Å². The van der Waals surface area contributed by atoms with Gasteiger partial charge in [-0.25, -0.2) is 4.79 Å². The van der Waals surface area contributed by atoms with E-state index in [1.54, 1.807) is 0 Å². The van der Waals surface area contributed by atoms with Gasteiger partial charge in [-0.15, -0.1) is 0 Å². The van der Waals surface area contributed by atoms with E-state index in [4.69, 9.17) is 10.5 Å². The molecular weight excluding hydrogens is 302 g/mol. The summed E-state index contributed by atoms with van der Waals surface area (Å²) in [5, 5.41) is 4.49. The molecule has 1 heterocycles. The molecular formula is C19H27N3O2. The minimum atomic E-state index is -0.582. The number of aromatic nitrogens is 2. The fourth-order valence-corrected chi connectivity index (χ4v) is 2.68. The summed E-state index contributed by atoms with van der Waals surface area (Å²) in [6, 6.07) is 6.10. The van der Waals surface area contributed by atoms with Crippen LogP contribution in [0.4, 0.5) is 10.5 Å². The molecule has 0 saturated heterocycles. The fraction of sp³-hybridized carbons (Fsp3) is 0.474. The van der Waals surface area contributed by atoms with Crippen molar-refractivity contribution in [1.82, 2.24) is 9.78 Å². The third-order valence-corrected chi connectivity index (χ3v) is 3.71. The summed E-state index contributed by atoms with van der Waals surface area (Å²) in [6.07, 6.45) is 1.04. The van der Waals surface area contributed by atoms with Crippen LogP contribution in [0.2, 0.25) is 0 Å². The zero-order chi connectivity index (χ0) is 18.1. The molecule has 0 aliphatic carbocycles. The predicted molar refractivity (Wildman–Crippen MR) is 97.2 cm³/mol. The third-order valence-electron chi connectivity index (χ3n) is 3.71. The molecule has 130 valence electrons. The molecule has 5 nitrogen and oxygen atoms in total. The molecule has 0 aliphatic rings. The zero-order valence-electron chi connectivity index (χ0n) is 15.4. The maximum Gasteiger partial charge on any atom is 0.435 e. The van der Waals surface area contributed by atoms with E-state index < -0.39 is 11.7 Å². The van der Waals surface area contributed by atoms with Crippen molar-refractivity contribution in [3.8, 4) is 11.3 Å². The van der Waals surface area contributed by atoms with Crippen molar-refractivity contribution < 1.29 is 9.53 Å². The molecule has 0 spiro atoms. The van der Waals surface area contributed by atoms with Crippen LogP contribution in [0.1, 0.15) is 50.9 Å². The minimum Gasteiger partial charge on any atom is -0.442 e. The number of rotatable bonds is 3. The third kappa shape index (κ3) is 3.78. The van der Waals surface area contributed by atoms with Crippen molar-refractivity contribution in [2.45, 2.75) is 60.0 Å². The van der Waals surface area contributed by atoms with E-state index >= 15 is 0 Å². The van der Waals surface area contributed by atoms with Crippen molar-refractivity contribution in [1.29, 1.82) is 0 Å². The maximum absolute atomic E-state index is 12.5. The summed E-state index contributed by atoms with van der Waals surface area (Å²) in [7, 11) is 0. The van der Waals surface area contributed by atoms with Crippen molar-refractivity contribution in [2.75, 3.05) is 5.73 Å². The second kappa shape index (κ2) is 6.67. The first-order valence-electron chi connectivity index (χ1n) is 8.32. The van der Waals surface area contributed by atoms with Gasteiger partial charge >= 0.3 is 6.09 Å². The van der Waals surface area contributed by atoms with Crippen LogP contribution in [0.5, 0.6) is 0 Å². The lowest BCUT2D eigenvalue weighted by atomic mass is 10.0. The number of aryl methyl sites for hydroxylation is 2. The molecule has 0 aliphatic heterocycles. The molecule has 0 unspecified atom stereocenters. The molecule has 0 saturated carbocycles. The lowest BCUT2D eigenvalue weighted by molar-refractivity contribution is 0.0510.